The van der Waals surface area contributed by atoms with Crippen LogP contribution in [0.25, 0.3) is 28.0 Å². The van der Waals surface area contributed by atoms with Crippen molar-refractivity contribution >= 4 is 23.2 Å². The van der Waals surface area contributed by atoms with Crippen molar-refractivity contribution in [3.63, 3.8) is 0 Å². The number of carbonyl (C=O) groups excluding carboxylic acids is 1. The van der Waals surface area contributed by atoms with Crippen LogP contribution in [0.15, 0.2) is 96.1 Å². The second kappa shape index (κ2) is 8.99. The molecule has 0 fully saturated rings. The highest BCUT2D eigenvalue weighted by molar-refractivity contribution is 6.08. The fourth-order valence-electron chi connectivity index (χ4n) is 3.76. The minimum atomic E-state index is -0.365. The first-order valence-electron chi connectivity index (χ1n) is 10.7. The van der Waals surface area contributed by atoms with Gasteiger partial charge in [-0.05, 0) is 55.0 Å². The van der Waals surface area contributed by atoms with Crippen LogP contribution < -0.4 is 5.43 Å². The van der Waals surface area contributed by atoms with Gasteiger partial charge in [-0.1, -0.05) is 48.5 Å². The van der Waals surface area contributed by atoms with E-state index >= 15 is 0 Å². The molecule has 2 N–H and O–H groups in total. The molecule has 166 valence electrons. The zero-order chi connectivity index (χ0) is 23.5. The molecule has 0 radical (unpaired) electrons. The number of carbonyl (C=O) groups is 1. The van der Waals surface area contributed by atoms with E-state index in [1.54, 1.807) is 35.0 Å². The van der Waals surface area contributed by atoms with Crippen molar-refractivity contribution in [2.75, 3.05) is 0 Å². The Morgan fingerprint density at radius 3 is 2.35 bits per heavy atom. The number of fused-ring (bicyclic) bond motifs is 1. The predicted octanol–water partition coefficient (Wildman–Crippen LogP) is 4.87. The maximum Gasteiger partial charge on any atom is 0.272 e. The fraction of sp³-hybridized carbons (Fsp3) is 0.0370. The van der Waals surface area contributed by atoms with Gasteiger partial charge in [-0.15, -0.1) is 0 Å². The number of nitrogens with one attached hydrogen (secondary N) is 1. The molecule has 0 spiro atoms. The van der Waals surface area contributed by atoms with Crippen LogP contribution in [0.3, 0.4) is 0 Å². The summed E-state index contributed by atoms with van der Waals surface area (Å²) in [6.07, 6.45) is 1.52. The van der Waals surface area contributed by atoms with Crippen molar-refractivity contribution in [3.8, 4) is 22.7 Å². The van der Waals surface area contributed by atoms with Gasteiger partial charge in [0.15, 0.2) is 5.65 Å². The number of pyridine rings is 1. The molecule has 1 amide bonds. The van der Waals surface area contributed by atoms with E-state index in [0.29, 0.717) is 28.0 Å². The SMILES string of the molecule is Cc1nn(-c2ccccc2)c2nc(-c3ccccc3)cc(C(=O)N/N=C/c3ccc(O)cc3)c12. The summed E-state index contributed by atoms with van der Waals surface area (Å²) in [6, 6.07) is 27.7. The second-order valence-electron chi connectivity index (χ2n) is 7.74. The van der Waals surface area contributed by atoms with Crippen LogP contribution in [0.5, 0.6) is 5.75 Å². The average molecular weight is 447 g/mol. The maximum absolute atomic E-state index is 13.3. The Hall–Kier alpha value is -4.78. The highest BCUT2D eigenvalue weighted by Crippen LogP contribution is 2.28. The van der Waals surface area contributed by atoms with E-state index in [4.69, 9.17) is 4.98 Å². The van der Waals surface area contributed by atoms with Crippen molar-refractivity contribution < 1.29 is 9.90 Å². The molecule has 7 nitrogen and oxygen atoms in total. The summed E-state index contributed by atoms with van der Waals surface area (Å²) >= 11 is 0. The fourth-order valence-corrected chi connectivity index (χ4v) is 3.76. The Morgan fingerprint density at radius 2 is 1.65 bits per heavy atom. The van der Waals surface area contributed by atoms with E-state index in [0.717, 1.165) is 16.8 Å². The first kappa shape index (κ1) is 21.1. The predicted molar refractivity (Wildman–Crippen MR) is 132 cm³/mol. The van der Waals surface area contributed by atoms with Crippen molar-refractivity contribution in [1.29, 1.82) is 0 Å². The summed E-state index contributed by atoms with van der Waals surface area (Å²) in [5, 5.41) is 18.9. The Labute approximate surface area is 196 Å². The van der Waals surface area contributed by atoms with Crippen LogP contribution in [0.4, 0.5) is 0 Å². The minimum absolute atomic E-state index is 0.166. The van der Waals surface area contributed by atoms with Crippen molar-refractivity contribution in [2.45, 2.75) is 6.92 Å². The summed E-state index contributed by atoms with van der Waals surface area (Å²) in [6.45, 7) is 1.86. The maximum atomic E-state index is 13.3. The summed E-state index contributed by atoms with van der Waals surface area (Å²) in [7, 11) is 0. The molecule has 5 rings (SSSR count). The number of amides is 1. The van der Waals surface area contributed by atoms with Gasteiger partial charge in [0.25, 0.3) is 5.91 Å². The first-order valence-corrected chi connectivity index (χ1v) is 10.7. The number of hydrogen-bond donors (Lipinski definition) is 2. The molecular weight excluding hydrogens is 426 g/mol. The number of aromatic nitrogens is 3. The topological polar surface area (TPSA) is 92.4 Å². The van der Waals surface area contributed by atoms with Gasteiger partial charge < -0.3 is 5.11 Å². The molecule has 2 heterocycles. The normalized spacial score (nSPS) is 11.2. The standard InChI is InChI=1S/C27H21N5O2/c1-18-25-23(27(34)30-28-17-19-12-14-22(33)15-13-19)16-24(20-8-4-2-5-9-20)29-26(25)32(31-18)21-10-6-3-7-11-21/h2-17,33H,1H3,(H,30,34)/b28-17+. The van der Waals surface area contributed by atoms with Gasteiger partial charge in [0, 0.05) is 5.56 Å². The van der Waals surface area contributed by atoms with Gasteiger partial charge in [-0.3, -0.25) is 4.79 Å². The molecule has 0 unspecified atom stereocenters. The van der Waals surface area contributed by atoms with Crippen LogP contribution in [0, 0.1) is 6.92 Å². The molecule has 0 aliphatic rings. The summed E-state index contributed by atoms with van der Waals surface area (Å²) in [5.74, 6) is -0.199. The van der Waals surface area contributed by atoms with Crippen molar-refractivity contribution in [2.24, 2.45) is 5.10 Å². The Bertz CT molecular complexity index is 1490. The van der Waals surface area contributed by atoms with E-state index in [-0.39, 0.29) is 11.7 Å². The number of hydrazone groups is 1. The van der Waals surface area contributed by atoms with E-state index in [9.17, 15) is 9.90 Å². The molecule has 0 saturated carbocycles. The zero-order valence-corrected chi connectivity index (χ0v) is 18.4. The number of aromatic hydroxyl groups is 1. The number of nitrogens with zero attached hydrogens (tertiary/aromatic N) is 4. The Morgan fingerprint density at radius 1 is 0.971 bits per heavy atom. The molecule has 5 aromatic rings. The van der Waals surface area contributed by atoms with E-state index in [2.05, 4.69) is 15.6 Å². The molecule has 34 heavy (non-hydrogen) atoms. The first-order chi connectivity index (χ1) is 16.6. The van der Waals surface area contributed by atoms with Gasteiger partial charge in [0.2, 0.25) is 0 Å². The monoisotopic (exact) mass is 447 g/mol. The lowest BCUT2D eigenvalue weighted by Crippen LogP contribution is -2.18. The van der Waals surface area contributed by atoms with Crippen LogP contribution in [0.2, 0.25) is 0 Å². The third-order valence-electron chi connectivity index (χ3n) is 5.40. The van der Waals surface area contributed by atoms with E-state index in [1.165, 1.54) is 6.21 Å². The molecule has 0 atom stereocenters. The number of rotatable bonds is 5. The van der Waals surface area contributed by atoms with E-state index in [1.807, 2.05) is 67.6 Å². The summed E-state index contributed by atoms with van der Waals surface area (Å²) in [5.41, 5.74) is 7.50. The molecule has 3 aromatic carbocycles. The Balaban J connectivity index is 1.60. The minimum Gasteiger partial charge on any atom is -0.508 e. The smallest absolute Gasteiger partial charge is 0.272 e. The number of phenolic OH excluding ortho intramolecular Hbond substituents is 1. The molecule has 0 aliphatic heterocycles. The molecule has 7 heteroatoms. The summed E-state index contributed by atoms with van der Waals surface area (Å²) in [4.78, 5) is 18.1. The van der Waals surface area contributed by atoms with Crippen LogP contribution in [-0.4, -0.2) is 32.0 Å². The van der Waals surface area contributed by atoms with Gasteiger partial charge in [0.05, 0.1) is 34.2 Å². The lowest BCUT2D eigenvalue weighted by molar-refractivity contribution is 0.0956. The molecule has 0 aliphatic carbocycles. The quantitative estimate of drug-likeness (QED) is 0.297. The number of hydrogen-bond acceptors (Lipinski definition) is 5. The van der Waals surface area contributed by atoms with Gasteiger partial charge in [-0.2, -0.15) is 10.2 Å². The molecular formula is C27H21N5O2. The van der Waals surface area contributed by atoms with Crippen molar-refractivity contribution in [1.82, 2.24) is 20.2 Å². The third-order valence-corrected chi connectivity index (χ3v) is 5.40. The summed E-state index contributed by atoms with van der Waals surface area (Å²) < 4.78 is 1.76. The lowest BCUT2D eigenvalue weighted by Gasteiger charge is -2.08. The van der Waals surface area contributed by atoms with Gasteiger partial charge in [-0.25, -0.2) is 15.1 Å². The van der Waals surface area contributed by atoms with Crippen LogP contribution in [0.1, 0.15) is 21.6 Å². The highest BCUT2D eigenvalue weighted by atomic mass is 16.3. The van der Waals surface area contributed by atoms with Crippen molar-refractivity contribution in [3.05, 3.63) is 108 Å². The highest BCUT2D eigenvalue weighted by Gasteiger charge is 2.20. The molecule has 0 saturated heterocycles. The number of benzene rings is 3. The number of aryl methyl sites for hydroxylation is 1. The van der Waals surface area contributed by atoms with E-state index < -0.39 is 0 Å². The Kier molecular flexibility index (Phi) is 5.58. The van der Waals surface area contributed by atoms with Crippen LogP contribution in [-0.2, 0) is 0 Å². The molecule has 0 bridgehead atoms. The second-order valence-corrected chi connectivity index (χ2v) is 7.74. The zero-order valence-electron chi connectivity index (χ0n) is 18.4. The third kappa shape index (κ3) is 4.14. The largest absolute Gasteiger partial charge is 0.508 e. The van der Waals surface area contributed by atoms with Gasteiger partial charge in [0.1, 0.15) is 5.75 Å². The number of phenols is 1. The average Bonchev–Trinajstić information content (AvgIpc) is 3.22. The van der Waals surface area contributed by atoms with Crippen LogP contribution >= 0.6 is 0 Å². The lowest BCUT2D eigenvalue weighted by atomic mass is 10.1. The molecule has 2 aromatic heterocycles. The number of para-hydroxylation sites is 1. The van der Waals surface area contributed by atoms with Gasteiger partial charge >= 0.3 is 0 Å².